The van der Waals surface area contributed by atoms with Gasteiger partial charge in [0.15, 0.2) is 5.82 Å². The van der Waals surface area contributed by atoms with E-state index in [1.165, 1.54) is 12.8 Å². The first-order valence-corrected chi connectivity index (χ1v) is 8.55. The second kappa shape index (κ2) is 6.69. The van der Waals surface area contributed by atoms with Crippen molar-refractivity contribution in [3.05, 3.63) is 34.6 Å². The Hall–Kier alpha value is -1.55. The SMILES string of the molecule is CC1CCN(c2nn(CCCCl)c(=O)c3ccccc23)CC1. The molecular weight excluding hydrogens is 298 g/mol. The van der Waals surface area contributed by atoms with Gasteiger partial charge in [0.2, 0.25) is 0 Å². The van der Waals surface area contributed by atoms with Gasteiger partial charge in [-0.15, -0.1) is 11.6 Å². The Morgan fingerprint density at radius 2 is 1.91 bits per heavy atom. The second-order valence-electron chi connectivity index (χ2n) is 6.11. The van der Waals surface area contributed by atoms with Gasteiger partial charge in [0.05, 0.1) is 5.39 Å². The van der Waals surface area contributed by atoms with Crippen LogP contribution in [0.3, 0.4) is 0 Å². The number of alkyl halides is 1. The molecule has 1 fully saturated rings. The summed E-state index contributed by atoms with van der Waals surface area (Å²) in [6, 6.07) is 7.79. The first-order chi connectivity index (χ1) is 10.7. The molecule has 1 aliphatic heterocycles. The molecule has 5 heteroatoms. The molecule has 0 saturated carbocycles. The highest BCUT2D eigenvalue weighted by atomic mass is 35.5. The molecule has 118 valence electrons. The number of anilines is 1. The number of hydrogen-bond acceptors (Lipinski definition) is 3. The van der Waals surface area contributed by atoms with Gasteiger partial charge in [-0.3, -0.25) is 4.79 Å². The Morgan fingerprint density at radius 1 is 1.23 bits per heavy atom. The van der Waals surface area contributed by atoms with Gasteiger partial charge in [-0.1, -0.05) is 25.1 Å². The number of piperidine rings is 1. The number of rotatable bonds is 4. The normalized spacial score (nSPS) is 16.4. The highest BCUT2D eigenvalue weighted by Gasteiger charge is 2.20. The fourth-order valence-electron chi connectivity index (χ4n) is 3.03. The van der Waals surface area contributed by atoms with Crippen molar-refractivity contribution in [1.29, 1.82) is 0 Å². The standard InChI is InChI=1S/C17H22ClN3O/c1-13-7-11-20(12-8-13)16-14-5-2-3-6-15(14)17(22)21(19-16)10-4-9-18/h2-3,5-6,13H,4,7-12H2,1H3. The first-order valence-electron chi connectivity index (χ1n) is 8.01. The van der Waals surface area contributed by atoms with Crippen molar-refractivity contribution < 1.29 is 0 Å². The molecule has 1 aromatic heterocycles. The van der Waals surface area contributed by atoms with Crippen LogP contribution in [0.5, 0.6) is 0 Å². The van der Waals surface area contributed by atoms with Crippen LogP contribution in [0, 0.1) is 5.92 Å². The smallest absolute Gasteiger partial charge is 0.274 e. The molecule has 0 bridgehead atoms. The quantitative estimate of drug-likeness (QED) is 0.812. The lowest BCUT2D eigenvalue weighted by atomic mass is 9.99. The maximum absolute atomic E-state index is 12.6. The Bertz CT molecular complexity index is 705. The molecule has 0 N–H and O–H groups in total. The number of aryl methyl sites for hydroxylation is 1. The van der Waals surface area contributed by atoms with E-state index >= 15 is 0 Å². The number of nitrogens with zero attached hydrogens (tertiary/aromatic N) is 3. The Kier molecular flexibility index (Phi) is 4.67. The zero-order chi connectivity index (χ0) is 15.5. The van der Waals surface area contributed by atoms with Crippen LogP contribution in [0.25, 0.3) is 10.8 Å². The van der Waals surface area contributed by atoms with Gasteiger partial charge < -0.3 is 4.90 Å². The molecule has 0 atom stereocenters. The van der Waals surface area contributed by atoms with Gasteiger partial charge in [-0.25, -0.2) is 4.68 Å². The zero-order valence-electron chi connectivity index (χ0n) is 13.0. The number of hydrogen-bond donors (Lipinski definition) is 0. The molecule has 3 rings (SSSR count). The van der Waals surface area contributed by atoms with Gasteiger partial charge in [0.1, 0.15) is 0 Å². The van der Waals surface area contributed by atoms with Gasteiger partial charge in [-0.05, 0) is 31.2 Å². The van der Waals surface area contributed by atoms with Gasteiger partial charge in [-0.2, -0.15) is 5.10 Å². The lowest BCUT2D eigenvalue weighted by Crippen LogP contribution is -2.36. The fraction of sp³-hybridized carbons (Fsp3) is 0.529. The van der Waals surface area contributed by atoms with E-state index in [1.807, 2.05) is 24.3 Å². The van der Waals surface area contributed by atoms with E-state index < -0.39 is 0 Å². The third-order valence-corrected chi connectivity index (χ3v) is 4.70. The second-order valence-corrected chi connectivity index (χ2v) is 6.49. The minimum Gasteiger partial charge on any atom is -0.355 e. The van der Waals surface area contributed by atoms with Crippen LogP contribution < -0.4 is 10.5 Å². The van der Waals surface area contributed by atoms with Crippen LogP contribution in [0.15, 0.2) is 29.1 Å². The number of benzene rings is 1. The summed E-state index contributed by atoms with van der Waals surface area (Å²) >= 11 is 5.77. The summed E-state index contributed by atoms with van der Waals surface area (Å²) < 4.78 is 1.58. The minimum atomic E-state index is -0.0187. The van der Waals surface area contributed by atoms with E-state index in [9.17, 15) is 4.79 Å². The Labute approximate surface area is 135 Å². The molecule has 0 amide bonds. The predicted octanol–water partition coefficient (Wildman–Crippen LogP) is 3.26. The van der Waals surface area contributed by atoms with Crippen molar-refractivity contribution in [3.8, 4) is 0 Å². The molecule has 0 spiro atoms. The first kappa shape index (κ1) is 15.3. The molecule has 0 radical (unpaired) electrons. The van der Waals surface area contributed by atoms with Gasteiger partial charge in [0.25, 0.3) is 5.56 Å². The molecular formula is C17H22ClN3O. The summed E-state index contributed by atoms with van der Waals surface area (Å²) in [4.78, 5) is 14.9. The van der Waals surface area contributed by atoms with Crippen molar-refractivity contribution in [2.75, 3.05) is 23.9 Å². The number of halogens is 1. The van der Waals surface area contributed by atoms with Crippen LogP contribution in [-0.2, 0) is 6.54 Å². The summed E-state index contributed by atoms with van der Waals surface area (Å²) in [6.45, 7) is 4.88. The van der Waals surface area contributed by atoms with E-state index in [2.05, 4.69) is 16.9 Å². The van der Waals surface area contributed by atoms with Gasteiger partial charge >= 0.3 is 0 Å². The lowest BCUT2D eigenvalue weighted by molar-refractivity contribution is 0.433. The fourth-order valence-corrected chi connectivity index (χ4v) is 3.15. The summed E-state index contributed by atoms with van der Waals surface area (Å²) in [5.74, 6) is 2.25. The molecule has 0 aliphatic carbocycles. The Balaban J connectivity index is 2.07. The van der Waals surface area contributed by atoms with Crippen molar-refractivity contribution in [1.82, 2.24) is 9.78 Å². The van der Waals surface area contributed by atoms with Crippen molar-refractivity contribution in [2.45, 2.75) is 32.7 Å². The molecule has 1 saturated heterocycles. The van der Waals surface area contributed by atoms with E-state index in [0.717, 1.165) is 42.0 Å². The summed E-state index contributed by atoms with van der Waals surface area (Å²) in [5, 5.41) is 6.37. The summed E-state index contributed by atoms with van der Waals surface area (Å²) in [7, 11) is 0. The third kappa shape index (κ3) is 2.98. The maximum Gasteiger partial charge on any atom is 0.274 e. The van der Waals surface area contributed by atoms with Gasteiger partial charge in [0, 0.05) is 30.9 Å². The van der Waals surface area contributed by atoms with Crippen LogP contribution in [0.4, 0.5) is 5.82 Å². The topological polar surface area (TPSA) is 38.1 Å². The Morgan fingerprint density at radius 3 is 2.59 bits per heavy atom. The third-order valence-electron chi connectivity index (χ3n) is 4.43. The average molecular weight is 320 g/mol. The van der Waals surface area contributed by atoms with Crippen LogP contribution in [0.2, 0.25) is 0 Å². The van der Waals surface area contributed by atoms with Crippen molar-refractivity contribution >= 4 is 28.2 Å². The zero-order valence-corrected chi connectivity index (χ0v) is 13.7. The monoisotopic (exact) mass is 319 g/mol. The largest absolute Gasteiger partial charge is 0.355 e. The minimum absolute atomic E-state index is 0.0187. The highest BCUT2D eigenvalue weighted by molar-refractivity contribution is 6.17. The van der Waals surface area contributed by atoms with Crippen molar-refractivity contribution in [2.24, 2.45) is 5.92 Å². The maximum atomic E-state index is 12.6. The van der Waals surface area contributed by atoms with E-state index in [0.29, 0.717) is 12.4 Å². The molecule has 1 aliphatic rings. The van der Waals surface area contributed by atoms with Crippen LogP contribution in [0.1, 0.15) is 26.2 Å². The number of aromatic nitrogens is 2. The van der Waals surface area contributed by atoms with E-state index in [-0.39, 0.29) is 5.56 Å². The van der Waals surface area contributed by atoms with E-state index in [4.69, 9.17) is 11.6 Å². The van der Waals surface area contributed by atoms with Crippen LogP contribution >= 0.6 is 11.6 Å². The highest BCUT2D eigenvalue weighted by Crippen LogP contribution is 2.26. The molecule has 0 unspecified atom stereocenters. The van der Waals surface area contributed by atoms with Crippen LogP contribution in [-0.4, -0.2) is 28.8 Å². The average Bonchev–Trinajstić information content (AvgIpc) is 2.55. The molecule has 2 aromatic rings. The predicted molar refractivity (Wildman–Crippen MR) is 92.0 cm³/mol. The van der Waals surface area contributed by atoms with Crippen molar-refractivity contribution in [3.63, 3.8) is 0 Å². The molecule has 1 aromatic carbocycles. The summed E-state index contributed by atoms with van der Waals surface area (Å²) in [5.41, 5.74) is -0.0187. The summed E-state index contributed by atoms with van der Waals surface area (Å²) in [6.07, 6.45) is 3.11. The lowest BCUT2D eigenvalue weighted by Gasteiger charge is -2.32. The molecule has 22 heavy (non-hydrogen) atoms. The molecule has 2 heterocycles. The molecule has 4 nitrogen and oxygen atoms in total. The number of fused-ring (bicyclic) bond motifs is 1. The van der Waals surface area contributed by atoms with E-state index in [1.54, 1.807) is 4.68 Å².